The number of hydrogen-bond acceptors (Lipinski definition) is 3. The van der Waals surface area contributed by atoms with Gasteiger partial charge in [-0.25, -0.2) is 0 Å². The molecule has 0 aliphatic heterocycles. The summed E-state index contributed by atoms with van der Waals surface area (Å²) in [6, 6.07) is 5.86. The Balaban J connectivity index is 1.97. The normalized spacial score (nSPS) is 10.9. The van der Waals surface area contributed by atoms with Crippen molar-refractivity contribution in [3.63, 3.8) is 0 Å². The van der Waals surface area contributed by atoms with Gasteiger partial charge < -0.3 is 9.32 Å². The Morgan fingerprint density at radius 3 is 3.00 bits per heavy atom. The molecule has 0 atom stereocenters. The maximum atomic E-state index is 12.0. The predicted octanol–water partition coefficient (Wildman–Crippen LogP) is 3.40. The Morgan fingerprint density at radius 2 is 2.39 bits per heavy atom. The molecule has 0 saturated carbocycles. The Morgan fingerprint density at radius 1 is 1.50 bits per heavy atom. The molecule has 3 nitrogen and oxygen atoms in total. The molecule has 2 aromatic rings. The van der Waals surface area contributed by atoms with Crippen LogP contribution >= 0.6 is 11.3 Å². The second-order valence-corrected chi connectivity index (χ2v) is 4.85. The number of carbonyl (C=O) groups is 1. The van der Waals surface area contributed by atoms with Gasteiger partial charge in [-0.1, -0.05) is 6.07 Å². The van der Waals surface area contributed by atoms with E-state index >= 15 is 0 Å². The summed E-state index contributed by atoms with van der Waals surface area (Å²) in [5, 5.41) is 2.02. The summed E-state index contributed by atoms with van der Waals surface area (Å²) < 4.78 is 4.94. The third-order valence-electron chi connectivity index (χ3n) is 2.58. The highest BCUT2D eigenvalue weighted by Crippen LogP contribution is 2.12. The highest BCUT2D eigenvalue weighted by atomic mass is 32.1. The zero-order chi connectivity index (χ0) is 12.8. The van der Waals surface area contributed by atoms with Gasteiger partial charge in [-0.15, -0.1) is 11.3 Å². The van der Waals surface area contributed by atoms with Gasteiger partial charge in [0.2, 0.25) is 5.91 Å². The SMILES string of the molecule is CCN(Cc1cccs1)C(=O)C=Cc1ccoc1. The predicted molar refractivity (Wildman–Crippen MR) is 73.2 cm³/mol. The van der Waals surface area contributed by atoms with Crippen molar-refractivity contribution in [1.29, 1.82) is 0 Å². The highest BCUT2D eigenvalue weighted by Gasteiger charge is 2.09. The van der Waals surface area contributed by atoms with E-state index in [0.29, 0.717) is 13.1 Å². The molecule has 2 rings (SSSR count). The minimum absolute atomic E-state index is 0.0205. The number of amides is 1. The molecule has 2 aromatic heterocycles. The van der Waals surface area contributed by atoms with E-state index in [2.05, 4.69) is 0 Å². The van der Waals surface area contributed by atoms with Crippen molar-refractivity contribution in [3.05, 3.63) is 52.6 Å². The van der Waals surface area contributed by atoms with Crippen molar-refractivity contribution in [3.8, 4) is 0 Å². The molecule has 0 unspecified atom stereocenters. The second-order valence-electron chi connectivity index (χ2n) is 3.82. The van der Waals surface area contributed by atoms with Crippen LogP contribution in [0.4, 0.5) is 0 Å². The zero-order valence-electron chi connectivity index (χ0n) is 10.2. The van der Waals surface area contributed by atoms with Gasteiger partial charge in [-0.3, -0.25) is 4.79 Å². The summed E-state index contributed by atoms with van der Waals surface area (Å²) in [6.07, 6.45) is 6.55. The smallest absolute Gasteiger partial charge is 0.246 e. The van der Waals surface area contributed by atoms with Crippen LogP contribution in [-0.4, -0.2) is 17.4 Å². The van der Waals surface area contributed by atoms with Crippen LogP contribution in [0.3, 0.4) is 0 Å². The fourth-order valence-electron chi connectivity index (χ4n) is 1.58. The van der Waals surface area contributed by atoms with Crippen LogP contribution in [0, 0.1) is 0 Å². The van der Waals surface area contributed by atoms with Crippen molar-refractivity contribution >= 4 is 23.3 Å². The molecule has 0 aromatic carbocycles. The Hall–Kier alpha value is -1.81. The van der Waals surface area contributed by atoms with Gasteiger partial charge in [0.15, 0.2) is 0 Å². The van der Waals surface area contributed by atoms with Gasteiger partial charge in [0.05, 0.1) is 19.1 Å². The number of nitrogens with zero attached hydrogens (tertiary/aromatic N) is 1. The van der Waals surface area contributed by atoms with E-state index in [1.54, 1.807) is 36.0 Å². The molecule has 0 fully saturated rings. The molecule has 1 amide bonds. The molecule has 0 N–H and O–H groups in total. The molecule has 0 radical (unpaired) electrons. The van der Waals surface area contributed by atoms with Gasteiger partial charge in [-0.2, -0.15) is 0 Å². The Kier molecular flexibility index (Phi) is 4.36. The average molecular weight is 261 g/mol. The molecule has 0 saturated heterocycles. The van der Waals surface area contributed by atoms with E-state index in [-0.39, 0.29) is 5.91 Å². The van der Waals surface area contributed by atoms with Gasteiger partial charge in [0.1, 0.15) is 0 Å². The minimum Gasteiger partial charge on any atom is -0.472 e. The number of likely N-dealkylation sites (N-methyl/N-ethyl adjacent to an activating group) is 1. The van der Waals surface area contributed by atoms with Crippen LogP contribution in [0.15, 0.2) is 46.6 Å². The van der Waals surface area contributed by atoms with E-state index in [9.17, 15) is 4.79 Å². The standard InChI is InChI=1S/C14H15NO2S/c1-2-15(10-13-4-3-9-18-13)14(16)6-5-12-7-8-17-11-12/h3-9,11H,2,10H2,1H3. The fraction of sp³-hybridized carbons (Fsp3) is 0.214. The zero-order valence-corrected chi connectivity index (χ0v) is 11.0. The van der Waals surface area contributed by atoms with E-state index in [1.807, 2.05) is 35.4 Å². The molecule has 0 aliphatic rings. The first-order chi connectivity index (χ1) is 8.79. The fourth-order valence-corrected chi connectivity index (χ4v) is 2.30. The third-order valence-corrected chi connectivity index (χ3v) is 3.44. The largest absolute Gasteiger partial charge is 0.472 e. The summed E-state index contributed by atoms with van der Waals surface area (Å²) in [4.78, 5) is 15.0. The molecule has 4 heteroatoms. The summed E-state index contributed by atoms with van der Waals surface area (Å²) in [5.74, 6) is 0.0205. The van der Waals surface area contributed by atoms with Crippen LogP contribution in [0.5, 0.6) is 0 Å². The van der Waals surface area contributed by atoms with Crippen LogP contribution in [0.2, 0.25) is 0 Å². The summed E-state index contributed by atoms with van der Waals surface area (Å²) in [5.41, 5.74) is 0.899. The molecular formula is C14H15NO2S. The molecule has 0 spiro atoms. The van der Waals surface area contributed by atoms with E-state index in [0.717, 1.165) is 5.56 Å². The molecule has 94 valence electrons. The topological polar surface area (TPSA) is 33.5 Å². The first-order valence-corrected chi connectivity index (χ1v) is 6.69. The summed E-state index contributed by atoms with van der Waals surface area (Å²) >= 11 is 1.67. The monoisotopic (exact) mass is 261 g/mol. The van der Waals surface area contributed by atoms with Crippen molar-refractivity contribution in [1.82, 2.24) is 4.90 Å². The number of thiophene rings is 1. The number of carbonyl (C=O) groups excluding carboxylic acids is 1. The van der Waals surface area contributed by atoms with Crippen LogP contribution in [-0.2, 0) is 11.3 Å². The lowest BCUT2D eigenvalue weighted by molar-refractivity contribution is -0.126. The summed E-state index contributed by atoms with van der Waals surface area (Å²) in [6.45, 7) is 3.35. The van der Waals surface area contributed by atoms with E-state index in [1.165, 1.54) is 4.88 Å². The molecule has 2 heterocycles. The van der Waals surface area contributed by atoms with E-state index in [4.69, 9.17) is 4.42 Å². The van der Waals surface area contributed by atoms with Crippen molar-refractivity contribution in [2.75, 3.05) is 6.54 Å². The van der Waals surface area contributed by atoms with Crippen molar-refractivity contribution in [2.24, 2.45) is 0 Å². The maximum absolute atomic E-state index is 12.0. The molecular weight excluding hydrogens is 246 g/mol. The molecule has 18 heavy (non-hydrogen) atoms. The lowest BCUT2D eigenvalue weighted by Gasteiger charge is -2.17. The number of rotatable bonds is 5. The molecule has 0 bridgehead atoms. The van der Waals surface area contributed by atoms with Gasteiger partial charge >= 0.3 is 0 Å². The Bertz CT molecular complexity index is 500. The van der Waals surface area contributed by atoms with Crippen molar-refractivity contribution < 1.29 is 9.21 Å². The minimum atomic E-state index is 0.0205. The first kappa shape index (κ1) is 12.6. The quantitative estimate of drug-likeness (QED) is 0.773. The maximum Gasteiger partial charge on any atom is 0.246 e. The van der Waals surface area contributed by atoms with E-state index < -0.39 is 0 Å². The first-order valence-electron chi connectivity index (χ1n) is 5.81. The Labute approximate surface area is 110 Å². The van der Waals surface area contributed by atoms with Crippen molar-refractivity contribution in [2.45, 2.75) is 13.5 Å². The van der Waals surface area contributed by atoms with Gasteiger partial charge in [-0.05, 0) is 30.5 Å². The van der Waals surface area contributed by atoms with Crippen LogP contribution < -0.4 is 0 Å². The summed E-state index contributed by atoms with van der Waals surface area (Å²) in [7, 11) is 0. The van der Waals surface area contributed by atoms with Crippen LogP contribution in [0.25, 0.3) is 6.08 Å². The number of furan rings is 1. The van der Waals surface area contributed by atoms with Gasteiger partial charge in [0, 0.05) is 23.1 Å². The second kappa shape index (κ2) is 6.21. The average Bonchev–Trinajstić information content (AvgIpc) is 3.06. The lowest BCUT2D eigenvalue weighted by Crippen LogP contribution is -2.28. The molecule has 0 aliphatic carbocycles. The third kappa shape index (κ3) is 3.34. The van der Waals surface area contributed by atoms with Gasteiger partial charge in [0.25, 0.3) is 0 Å². The lowest BCUT2D eigenvalue weighted by atomic mass is 10.3. The number of hydrogen-bond donors (Lipinski definition) is 0. The highest BCUT2D eigenvalue weighted by molar-refractivity contribution is 7.09. The van der Waals surface area contributed by atoms with Crippen LogP contribution in [0.1, 0.15) is 17.4 Å².